The third-order valence-electron chi connectivity index (χ3n) is 6.83. The van der Waals surface area contributed by atoms with Crippen molar-refractivity contribution in [3.63, 3.8) is 0 Å². The van der Waals surface area contributed by atoms with Crippen molar-refractivity contribution in [1.29, 1.82) is 0 Å². The molecule has 1 atom stereocenters. The molecule has 4 aromatic rings. The third kappa shape index (κ3) is 5.28. The van der Waals surface area contributed by atoms with Gasteiger partial charge in [-0.15, -0.1) is 0 Å². The number of aromatic nitrogens is 1. The van der Waals surface area contributed by atoms with Crippen LogP contribution >= 0.6 is 11.3 Å². The highest BCUT2D eigenvalue weighted by atomic mass is 32.1. The number of hydrogen-bond donors (Lipinski definition) is 0. The van der Waals surface area contributed by atoms with Gasteiger partial charge in [0.1, 0.15) is 5.75 Å². The van der Waals surface area contributed by atoms with Crippen molar-refractivity contribution < 1.29 is 23.7 Å². The molecule has 1 aliphatic heterocycles. The van der Waals surface area contributed by atoms with Gasteiger partial charge in [-0.25, -0.2) is 9.79 Å². The Morgan fingerprint density at radius 2 is 1.68 bits per heavy atom. The molecule has 5 rings (SSSR count). The van der Waals surface area contributed by atoms with Crippen LogP contribution in [0.1, 0.15) is 35.2 Å². The molecular weight excluding hydrogens is 540 g/mol. The summed E-state index contributed by atoms with van der Waals surface area (Å²) in [5, 5.41) is 0. The van der Waals surface area contributed by atoms with E-state index in [2.05, 4.69) is 0 Å². The van der Waals surface area contributed by atoms with Gasteiger partial charge in [0.15, 0.2) is 16.3 Å². The van der Waals surface area contributed by atoms with Gasteiger partial charge in [0.2, 0.25) is 0 Å². The van der Waals surface area contributed by atoms with Crippen LogP contribution in [0.15, 0.2) is 82.1 Å². The molecule has 0 fully saturated rings. The maximum Gasteiger partial charge on any atom is 0.338 e. The molecule has 8 nitrogen and oxygen atoms in total. The van der Waals surface area contributed by atoms with Gasteiger partial charge in [-0.05, 0) is 54.8 Å². The number of aryl methyl sites for hydroxylation is 1. The molecule has 3 aromatic carbocycles. The fourth-order valence-corrected chi connectivity index (χ4v) is 5.86. The molecule has 0 radical (unpaired) electrons. The summed E-state index contributed by atoms with van der Waals surface area (Å²) in [6.07, 6.45) is 1.81. The van der Waals surface area contributed by atoms with Crippen LogP contribution in [0.25, 0.3) is 11.8 Å². The van der Waals surface area contributed by atoms with E-state index in [-0.39, 0.29) is 17.7 Å². The first-order valence-corrected chi connectivity index (χ1v) is 13.9. The second kappa shape index (κ2) is 11.9. The molecule has 0 bridgehead atoms. The second-order valence-electron chi connectivity index (χ2n) is 9.27. The van der Waals surface area contributed by atoms with Crippen molar-refractivity contribution in [3.8, 4) is 17.2 Å². The molecule has 0 saturated carbocycles. The molecule has 2 heterocycles. The lowest BCUT2D eigenvalue weighted by atomic mass is 9.93. The number of benzene rings is 3. The fourth-order valence-electron chi connectivity index (χ4n) is 4.86. The number of nitrogens with zero attached hydrogens (tertiary/aromatic N) is 2. The van der Waals surface area contributed by atoms with Crippen molar-refractivity contribution in [1.82, 2.24) is 4.57 Å². The fraction of sp³-hybridized carbons (Fsp3) is 0.219. The van der Waals surface area contributed by atoms with Crippen molar-refractivity contribution in [2.75, 3.05) is 27.9 Å². The van der Waals surface area contributed by atoms with E-state index >= 15 is 0 Å². The van der Waals surface area contributed by atoms with Crippen molar-refractivity contribution in [2.24, 2.45) is 4.99 Å². The minimum atomic E-state index is -0.824. The number of methoxy groups -OCH3 is 3. The monoisotopic (exact) mass is 570 g/mol. The lowest BCUT2D eigenvalue weighted by Gasteiger charge is -2.26. The standard InChI is InChI=1S/C32H30N2O6S/c1-6-40-31(36)27-28(21-10-8-7-9-11-21)33-32-34(29(27)22-14-15-23(37-3)25(18-22)39-5)30(35)26(41-32)17-20-13-12-19(2)24(16-20)38-4/h7-18,29H,6H2,1-5H3/b26-17-/t29-/m0/s1. The number of thiazole rings is 1. The summed E-state index contributed by atoms with van der Waals surface area (Å²) in [5.41, 5.74) is 3.64. The molecule has 0 unspecified atom stereocenters. The van der Waals surface area contributed by atoms with Crippen LogP contribution in [0.3, 0.4) is 0 Å². The van der Waals surface area contributed by atoms with E-state index in [4.69, 9.17) is 23.9 Å². The molecule has 0 N–H and O–H groups in total. The quantitative estimate of drug-likeness (QED) is 0.294. The Morgan fingerprint density at radius 3 is 2.37 bits per heavy atom. The molecular formula is C32H30N2O6S. The predicted octanol–water partition coefficient (Wildman–Crippen LogP) is 4.27. The van der Waals surface area contributed by atoms with Gasteiger partial charge in [0, 0.05) is 5.56 Å². The number of rotatable bonds is 8. The molecule has 1 aromatic heterocycles. The largest absolute Gasteiger partial charge is 0.496 e. The van der Waals surface area contributed by atoms with E-state index < -0.39 is 12.0 Å². The molecule has 1 aliphatic rings. The highest BCUT2D eigenvalue weighted by Gasteiger charge is 2.35. The summed E-state index contributed by atoms with van der Waals surface area (Å²) in [6.45, 7) is 3.88. The van der Waals surface area contributed by atoms with Crippen LogP contribution in [0.5, 0.6) is 17.2 Å². The summed E-state index contributed by atoms with van der Waals surface area (Å²) >= 11 is 1.26. The maximum absolute atomic E-state index is 14.1. The van der Waals surface area contributed by atoms with Gasteiger partial charge in [-0.3, -0.25) is 9.36 Å². The summed E-state index contributed by atoms with van der Waals surface area (Å²) in [7, 11) is 4.71. The zero-order valence-electron chi connectivity index (χ0n) is 23.5. The average molecular weight is 571 g/mol. The Kier molecular flexibility index (Phi) is 8.07. The highest BCUT2D eigenvalue weighted by molar-refractivity contribution is 7.07. The van der Waals surface area contributed by atoms with Gasteiger partial charge < -0.3 is 18.9 Å². The van der Waals surface area contributed by atoms with Crippen LogP contribution < -0.4 is 29.1 Å². The number of carbonyl (C=O) groups is 1. The van der Waals surface area contributed by atoms with Crippen molar-refractivity contribution >= 4 is 29.1 Å². The molecule has 0 saturated heterocycles. The second-order valence-corrected chi connectivity index (χ2v) is 10.3. The Bertz CT molecular complexity index is 1820. The van der Waals surface area contributed by atoms with Crippen LogP contribution in [0, 0.1) is 6.92 Å². The Labute approximate surface area is 241 Å². The Morgan fingerprint density at radius 1 is 0.951 bits per heavy atom. The van der Waals surface area contributed by atoms with Crippen LogP contribution in [0.2, 0.25) is 0 Å². The lowest BCUT2D eigenvalue weighted by Crippen LogP contribution is -2.40. The number of carbonyl (C=O) groups excluding carboxylic acids is 1. The third-order valence-corrected chi connectivity index (χ3v) is 7.81. The summed E-state index contributed by atoms with van der Waals surface area (Å²) in [5.74, 6) is 1.18. The van der Waals surface area contributed by atoms with Crippen molar-refractivity contribution in [2.45, 2.75) is 19.9 Å². The zero-order chi connectivity index (χ0) is 29.1. The molecule has 41 heavy (non-hydrogen) atoms. The molecule has 0 spiro atoms. The number of esters is 1. The summed E-state index contributed by atoms with van der Waals surface area (Å²) in [4.78, 5) is 33.1. The molecule has 0 amide bonds. The maximum atomic E-state index is 14.1. The Balaban J connectivity index is 1.83. The average Bonchev–Trinajstić information content (AvgIpc) is 3.31. The molecule has 0 aliphatic carbocycles. The van der Waals surface area contributed by atoms with E-state index in [9.17, 15) is 9.59 Å². The van der Waals surface area contributed by atoms with Gasteiger partial charge in [0.25, 0.3) is 5.56 Å². The lowest BCUT2D eigenvalue weighted by molar-refractivity contribution is -0.138. The zero-order valence-corrected chi connectivity index (χ0v) is 24.3. The first-order chi connectivity index (χ1) is 19.9. The molecule has 9 heteroatoms. The number of ether oxygens (including phenoxy) is 4. The molecule has 210 valence electrons. The number of fused-ring (bicyclic) bond motifs is 1. The SMILES string of the molecule is CCOC(=O)C1=C(c2ccccc2)N=c2s/c(=C\c3ccc(C)c(OC)c3)c(=O)n2[C@H]1c1ccc(OC)c(OC)c1. The Hall–Kier alpha value is -4.63. The van der Waals surface area contributed by atoms with Crippen LogP contribution in [0.4, 0.5) is 0 Å². The minimum absolute atomic E-state index is 0.169. The van der Waals surface area contributed by atoms with E-state index in [1.807, 2.05) is 67.6 Å². The van der Waals surface area contributed by atoms with Gasteiger partial charge in [0.05, 0.1) is 49.8 Å². The number of hydrogen-bond acceptors (Lipinski definition) is 8. The summed E-state index contributed by atoms with van der Waals surface area (Å²) in [6, 6.07) is 19.7. The predicted molar refractivity (Wildman–Crippen MR) is 158 cm³/mol. The minimum Gasteiger partial charge on any atom is -0.496 e. The highest BCUT2D eigenvalue weighted by Crippen LogP contribution is 2.38. The first-order valence-electron chi connectivity index (χ1n) is 13.0. The summed E-state index contributed by atoms with van der Waals surface area (Å²) < 4.78 is 24.1. The first kappa shape index (κ1) is 27.9. The smallest absolute Gasteiger partial charge is 0.338 e. The van der Waals surface area contributed by atoms with Gasteiger partial charge >= 0.3 is 5.97 Å². The van der Waals surface area contributed by atoms with Gasteiger partial charge in [-0.1, -0.05) is 59.9 Å². The van der Waals surface area contributed by atoms with E-state index in [0.717, 1.165) is 22.4 Å². The van der Waals surface area contributed by atoms with Crippen LogP contribution in [-0.2, 0) is 9.53 Å². The van der Waals surface area contributed by atoms with Crippen molar-refractivity contribution in [3.05, 3.63) is 114 Å². The topological polar surface area (TPSA) is 88.4 Å². The van der Waals surface area contributed by atoms with E-state index in [1.165, 1.54) is 11.3 Å². The van der Waals surface area contributed by atoms with E-state index in [1.54, 1.807) is 45.0 Å². The van der Waals surface area contributed by atoms with Gasteiger partial charge in [-0.2, -0.15) is 0 Å². The van der Waals surface area contributed by atoms with E-state index in [0.29, 0.717) is 32.1 Å². The van der Waals surface area contributed by atoms with Crippen LogP contribution in [-0.4, -0.2) is 38.5 Å². The normalized spacial score (nSPS) is 14.8.